The van der Waals surface area contributed by atoms with Gasteiger partial charge in [0.2, 0.25) is 11.8 Å². The molecule has 3 rings (SSSR count). The van der Waals surface area contributed by atoms with E-state index in [0.29, 0.717) is 23.4 Å². The largest absolute Gasteiger partial charge is 0.343 e. The fourth-order valence-corrected chi connectivity index (χ4v) is 3.59. The van der Waals surface area contributed by atoms with Crippen molar-refractivity contribution in [3.05, 3.63) is 60.2 Å². The van der Waals surface area contributed by atoms with E-state index in [1.54, 1.807) is 36.5 Å². The SMILES string of the molecule is O=C(Nc1cccnc1)[C@H]1CS[C@H](Cc2ccccc2F)C(=O)N1. The van der Waals surface area contributed by atoms with Crippen LogP contribution in [0.1, 0.15) is 5.56 Å². The van der Waals surface area contributed by atoms with Crippen LogP contribution in [-0.4, -0.2) is 33.8 Å². The van der Waals surface area contributed by atoms with Gasteiger partial charge in [-0.15, -0.1) is 11.8 Å². The first-order chi connectivity index (χ1) is 11.6. The third-order valence-corrected chi connectivity index (χ3v) is 4.99. The number of pyridine rings is 1. The Bertz CT molecular complexity index is 742. The lowest BCUT2D eigenvalue weighted by atomic mass is 10.1. The Balaban J connectivity index is 1.58. The first-order valence-corrected chi connectivity index (χ1v) is 8.54. The molecule has 1 aromatic heterocycles. The lowest BCUT2D eigenvalue weighted by Crippen LogP contribution is -2.52. The maximum atomic E-state index is 13.7. The molecule has 0 unspecified atom stereocenters. The van der Waals surface area contributed by atoms with E-state index in [9.17, 15) is 14.0 Å². The second kappa shape index (κ2) is 7.44. The smallest absolute Gasteiger partial charge is 0.247 e. The molecule has 2 heterocycles. The number of benzene rings is 1. The number of nitrogens with one attached hydrogen (secondary N) is 2. The van der Waals surface area contributed by atoms with E-state index in [4.69, 9.17) is 0 Å². The quantitative estimate of drug-likeness (QED) is 0.889. The predicted octanol–water partition coefficient (Wildman–Crippen LogP) is 2.00. The molecule has 24 heavy (non-hydrogen) atoms. The molecule has 2 aromatic rings. The Hall–Kier alpha value is -2.41. The second-order valence-electron chi connectivity index (χ2n) is 5.41. The third-order valence-electron chi connectivity index (χ3n) is 3.68. The van der Waals surface area contributed by atoms with Crippen LogP contribution in [0, 0.1) is 5.82 Å². The Labute approximate surface area is 143 Å². The average molecular weight is 345 g/mol. The molecule has 124 valence electrons. The van der Waals surface area contributed by atoms with Crippen LogP contribution in [0.15, 0.2) is 48.8 Å². The van der Waals surface area contributed by atoms with Gasteiger partial charge in [0.25, 0.3) is 0 Å². The van der Waals surface area contributed by atoms with Crippen LogP contribution in [0.2, 0.25) is 0 Å². The standard InChI is InChI=1S/C17H16FN3O2S/c18-13-6-2-1-4-11(13)8-15-17(23)21-14(10-24-15)16(22)20-12-5-3-7-19-9-12/h1-7,9,14-15H,8,10H2,(H,20,22)(H,21,23)/t14-,15-/m1/s1. The van der Waals surface area contributed by atoms with E-state index in [1.165, 1.54) is 24.0 Å². The van der Waals surface area contributed by atoms with Gasteiger partial charge < -0.3 is 10.6 Å². The maximum Gasteiger partial charge on any atom is 0.247 e. The van der Waals surface area contributed by atoms with E-state index in [1.807, 2.05) is 0 Å². The summed E-state index contributed by atoms with van der Waals surface area (Å²) < 4.78 is 13.7. The van der Waals surface area contributed by atoms with Crippen LogP contribution < -0.4 is 10.6 Å². The van der Waals surface area contributed by atoms with Crippen molar-refractivity contribution in [2.75, 3.05) is 11.1 Å². The van der Waals surface area contributed by atoms with Crippen LogP contribution in [0.25, 0.3) is 0 Å². The molecular formula is C17H16FN3O2S. The molecule has 1 aliphatic rings. The minimum absolute atomic E-state index is 0.249. The third kappa shape index (κ3) is 3.91. The van der Waals surface area contributed by atoms with Crippen molar-refractivity contribution >= 4 is 29.3 Å². The Morgan fingerprint density at radius 3 is 2.88 bits per heavy atom. The average Bonchev–Trinajstić information content (AvgIpc) is 2.59. The zero-order chi connectivity index (χ0) is 16.9. The van der Waals surface area contributed by atoms with Gasteiger partial charge in [0.15, 0.2) is 0 Å². The van der Waals surface area contributed by atoms with Crippen molar-refractivity contribution in [2.24, 2.45) is 0 Å². The number of carbonyl (C=O) groups is 2. The molecule has 2 amide bonds. The van der Waals surface area contributed by atoms with Crippen molar-refractivity contribution in [2.45, 2.75) is 17.7 Å². The summed E-state index contributed by atoms with van der Waals surface area (Å²) in [6, 6.07) is 9.24. The highest BCUT2D eigenvalue weighted by Crippen LogP contribution is 2.23. The summed E-state index contributed by atoms with van der Waals surface area (Å²) in [7, 11) is 0. The van der Waals surface area contributed by atoms with Gasteiger partial charge in [-0.1, -0.05) is 18.2 Å². The van der Waals surface area contributed by atoms with E-state index in [0.717, 1.165) is 0 Å². The molecule has 1 fully saturated rings. The zero-order valence-corrected chi connectivity index (χ0v) is 13.6. The minimum atomic E-state index is -0.612. The number of nitrogens with zero attached hydrogens (tertiary/aromatic N) is 1. The van der Waals surface area contributed by atoms with Gasteiger partial charge in [-0.05, 0) is 30.2 Å². The fraction of sp³-hybridized carbons (Fsp3) is 0.235. The van der Waals surface area contributed by atoms with Crippen LogP contribution in [-0.2, 0) is 16.0 Å². The van der Waals surface area contributed by atoms with Crippen molar-refractivity contribution < 1.29 is 14.0 Å². The Morgan fingerprint density at radius 2 is 2.17 bits per heavy atom. The number of amides is 2. The molecule has 2 atom stereocenters. The summed E-state index contributed by atoms with van der Waals surface area (Å²) in [6.07, 6.45) is 3.46. The minimum Gasteiger partial charge on any atom is -0.343 e. The number of thioether (sulfide) groups is 1. The first-order valence-electron chi connectivity index (χ1n) is 7.50. The van der Waals surface area contributed by atoms with E-state index >= 15 is 0 Å². The van der Waals surface area contributed by atoms with Gasteiger partial charge in [-0.25, -0.2) is 4.39 Å². The number of rotatable bonds is 4. The van der Waals surface area contributed by atoms with Gasteiger partial charge in [0.1, 0.15) is 11.9 Å². The molecule has 1 saturated heterocycles. The lowest BCUT2D eigenvalue weighted by molar-refractivity contribution is -0.126. The predicted molar refractivity (Wildman–Crippen MR) is 91.1 cm³/mol. The van der Waals surface area contributed by atoms with Crippen molar-refractivity contribution in [3.8, 4) is 0 Å². The molecular weight excluding hydrogens is 329 g/mol. The van der Waals surface area contributed by atoms with Crippen molar-refractivity contribution in [1.82, 2.24) is 10.3 Å². The molecule has 0 saturated carbocycles. The summed E-state index contributed by atoms with van der Waals surface area (Å²) in [4.78, 5) is 28.4. The first kappa shape index (κ1) is 16.4. The monoisotopic (exact) mass is 345 g/mol. The Morgan fingerprint density at radius 1 is 1.33 bits per heavy atom. The number of anilines is 1. The van der Waals surface area contributed by atoms with Crippen LogP contribution >= 0.6 is 11.8 Å². The molecule has 0 spiro atoms. The zero-order valence-electron chi connectivity index (χ0n) is 12.7. The molecule has 1 aromatic carbocycles. The fourth-order valence-electron chi connectivity index (χ4n) is 2.42. The van der Waals surface area contributed by atoms with Crippen LogP contribution in [0.3, 0.4) is 0 Å². The van der Waals surface area contributed by atoms with E-state index < -0.39 is 11.3 Å². The van der Waals surface area contributed by atoms with Crippen LogP contribution in [0.5, 0.6) is 0 Å². The van der Waals surface area contributed by atoms with Crippen molar-refractivity contribution in [3.63, 3.8) is 0 Å². The highest BCUT2D eigenvalue weighted by molar-refractivity contribution is 8.00. The summed E-state index contributed by atoms with van der Waals surface area (Å²) >= 11 is 1.37. The van der Waals surface area contributed by atoms with Gasteiger partial charge in [0.05, 0.1) is 17.1 Å². The lowest BCUT2D eigenvalue weighted by Gasteiger charge is -2.28. The molecule has 0 bridgehead atoms. The molecule has 0 radical (unpaired) electrons. The molecule has 0 aliphatic carbocycles. The Kier molecular flexibility index (Phi) is 5.10. The highest BCUT2D eigenvalue weighted by atomic mass is 32.2. The summed E-state index contributed by atoms with van der Waals surface area (Å²) in [6.45, 7) is 0. The molecule has 1 aliphatic heterocycles. The summed E-state index contributed by atoms with van der Waals surface area (Å²) in [5.74, 6) is -0.409. The van der Waals surface area contributed by atoms with E-state index in [2.05, 4.69) is 15.6 Å². The summed E-state index contributed by atoms with van der Waals surface area (Å²) in [5.41, 5.74) is 1.08. The second-order valence-corrected chi connectivity index (χ2v) is 6.65. The van der Waals surface area contributed by atoms with Crippen LogP contribution in [0.4, 0.5) is 10.1 Å². The molecule has 2 N–H and O–H groups in total. The highest BCUT2D eigenvalue weighted by Gasteiger charge is 2.32. The van der Waals surface area contributed by atoms with Crippen molar-refractivity contribution in [1.29, 1.82) is 0 Å². The number of carbonyl (C=O) groups excluding carboxylic acids is 2. The normalized spacial score (nSPS) is 20.3. The van der Waals surface area contributed by atoms with E-state index in [-0.39, 0.29) is 17.6 Å². The number of halogens is 1. The number of aromatic nitrogens is 1. The maximum absolute atomic E-state index is 13.7. The van der Waals surface area contributed by atoms with Gasteiger partial charge in [-0.3, -0.25) is 14.6 Å². The summed E-state index contributed by atoms with van der Waals surface area (Å²) in [5, 5.41) is 5.03. The number of hydrogen-bond acceptors (Lipinski definition) is 4. The van der Waals surface area contributed by atoms with Gasteiger partial charge in [0, 0.05) is 11.9 Å². The number of hydrogen-bond donors (Lipinski definition) is 2. The molecule has 7 heteroatoms. The van der Waals surface area contributed by atoms with Gasteiger partial charge in [-0.2, -0.15) is 0 Å². The van der Waals surface area contributed by atoms with Gasteiger partial charge >= 0.3 is 0 Å². The topological polar surface area (TPSA) is 71.1 Å². The molecule has 5 nitrogen and oxygen atoms in total.